The Kier molecular flexibility index (Phi) is 7.86. The number of nitrogens with one attached hydrogen (secondary N) is 2. The highest BCUT2D eigenvalue weighted by Crippen LogP contribution is 2.30. The van der Waals surface area contributed by atoms with Gasteiger partial charge in [-0.1, -0.05) is 36.8 Å². The van der Waals surface area contributed by atoms with E-state index >= 15 is 0 Å². The number of aromatic nitrogens is 3. The number of Topliss-reactive ketones (excluding diaryl/α,β-unsaturated/α-hetero) is 1. The van der Waals surface area contributed by atoms with Crippen molar-refractivity contribution < 1.29 is 24.2 Å². The van der Waals surface area contributed by atoms with Crippen molar-refractivity contribution in [2.24, 2.45) is 0 Å². The molecule has 0 aromatic carbocycles. The number of H-pyrrole nitrogens is 1. The highest BCUT2D eigenvalue weighted by Gasteiger charge is 2.34. The summed E-state index contributed by atoms with van der Waals surface area (Å²) in [6.45, 7) is 6.79. The van der Waals surface area contributed by atoms with E-state index in [2.05, 4.69) is 20.3 Å². The van der Waals surface area contributed by atoms with Gasteiger partial charge in [0.2, 0.25) is 0 Å². The number of aromatic carboxylic acids is 1. The maximum atomic E-state index is 12.7. The molecule has 0 unspecified atom stereocenters. The van der Waals surface area contributed by atoms with E-state index in [0.717, 1.165) is 11.3 Å². The lowest BCUT2D eigenvalue weighted by atomic mass is 10.0. The number of hydrogen-bond acceptors (Lipinski definition) is 8. The number of carbonyl (C=O) groups is 3. The lowest BCUT2D eigenvalue weighted by Crippen LogP contribution is -2.55. The zero-order chi connectivity index (χ0) is 23.4. The molecule has 2 aromatic rings. The van der Waals surface area contributed by atoms with Gasteiger partial charge in [0, 0.05) is 26.1 Å². The van der Waals surface area contributed by atoms with Crippen molar-refractivity contribution in [3.05, 3.63) is 27.2 Å². The van der Waals surface area contributed by atoms with E-state index in [9.17, 15) is 19.5 Å². The standard InChI is InChI=1S/C20H26ClN5O5S/c1-4-10-16(21)25-17(22-10)18(28)23-11-7-8-26(9-13(11)31-6-3)20-24-14(12(27)5-2)15(32-20)19(29)30/h11,13H,4-9H2,1-3H3,(H,22,25)(H,23,28)(H,29,30)/t11-,13+/m1/s1. The Labute approximate surface area is 194 Å². The molecule has 0 aliphatic carbocycles. The number of carbonyl (C=O) groups excluding carboxylic acids is 2. The molecular formula is C20H26ClN5O5S. The van der Waals surface area contributed by atoms with Crippen molar-refractivity contribution in [2.45, 2.75) is 52.2 Å². The van der Waals surface area contributed by atoms with Gasteiger partial charge in [-0.05, 0) is 19.8 Å². The molecule has 0 radical (unpaired) electrons. The van der Waals surface area contributed by atoms with Gasteiger partial charge in [0.05, 0.1) is 17.8 Å². The molecule has 1 amide bonds. The monoisotopic (exact) mass is 483 g/mol. The molecule has 1 saturated heterocycles. The number of aryl methyl sites for hydroxylation is 1. The fourth-order valence-corrected chi connectivity index (χ4v) is 4.77. The zero-order valence-electron chi connectivity index (χ0n) is 18.1. The van der Waals surface area contributed by atoms with E-state index in [4.69, 9.17) is 16.3 Å². The quantitative estimate of drug-likeness (QED) is 0.463. The van der Waals surface area contributed by atoms with Crippen LogP contribution in [0.4, 0.5) is 5.13 Å². The Hall–Kier alpha value is -2.50. The largest absolute Gasteiger partial charge is 0.477 e. The molecule has 32 heavy (non-hydrogen) atoms. The van der Waals surface area contributed by atoms with Crippen LogP contribution in [0, 0.1) is 0 Å². The summed E-state index contributed by atoms with van der Waals surface area (Å²) in [5.41, 5.74) is 0.688. The number of hydrogen-bond donors (Lipinski definition) is 3. The molecule has 1 aliphatic rings. The third kappa shape index (κ3) is 5.11. The maximum absolute atomic E-state index is 12.7. The van der Waals surface area contributed by atoms with Gasteiger partial charge in [0.25, 0.3) is 5.91 Å². The molecule has 12 heteroatoms. The fourth-order valence-electron chi connectivity index (χ4n) is 3.55. The normalized spacial score (nSPS) is 18.6. The van der Waals surface area contributed by atoms with Gasteiger partial charge in [-0.2, -0.15) is 0 Å². The van der Waals surface area contributed by atoms with E-state index < -0.39 is 5.97 Å². The molecule has 1 fully saturated rings. The summed E-state index contributed by atoms with van der Waals surface area (Å²) in [4.78, 5) is 49.6. The number of nitrogens with zero attached hydrogens (tertiary/aromatic N) is 3. The van der Waals surface area contributed by atoms with E-state index in [1.54, 1.807) is 6.92 Å². The van der Waals surface area contributed by atoms with Gasteiger partial charge in [0.15, 0.2) is 21.9 Å². The smallest absolute Gasteiger partial charge is 0.348 e. The number of piperidine rings is 1. The molecule has 10 nitrogen and oxygen atoms in total. The molecule has 3 N–H and O–H groups in total. The molecule has 0 saturated carbocycles. The van der Waals surface area contributed by atoms with Crippen LogP contribution in [-0.4, -0.2) is 69.6 Å². The molecule has 3 heterocycles. The first-order valence-electron chi connectivity index (χ1n) is 10.5. The van der Waals surface area contributed by atoms with Crippen molar-refractivity contribution in [1.29, 1.82) is 0 Å². The Morgan fingerprint density at radius 3 is 2.66 bits per heavy atom. The van der Waals surface area contributed by atoms with Crippen LogP contribution >= 0.6 is 22.9 Å². The molecular weight excluding hydrogens is 458 g/mol. The van der Waals surface area contributed by atoms with Gasteiger partial charge in [-0.25, -0.2) is 14.8 Å². The number of carboxylic acid groups (broad SMARTS) is 1. The van der Waals surface area contributed by atoms with Crippen LogP contribution in [0.1, 0.15) is 70.1 Å². The molecule has 0 bridgehead atoms. The minimum absolute atomic E-state index is 0.00943. The van der Waals surface area contributed by atoms with Crippen LogP contribution in [0.25, 0.3) is 0 Å². The van der Waals surface area contributed by atoms with E-state index in [1.165, 1.54) is 0 Å². The second kappa shape index (κ2) is 10.4. The van der Waals surface area contributed by atoms with Gasteiger partial charge in [-0.3, -0.25) is 9.59 Å². The molecule has 2 aromatic heterocycles. The van der Waals surface area contributed by atoms with E-state index in [1.807, 2.05) is 18.7 Å². The topological polar surface area (TPSA) is 138 Å². The number of halogens is 1. The molecule has 174 valence electrons. The first-order chi connectivity index (χ1) is 15.3. The van der Waals surface area contributed by atoms with Crippen LogP contribution in [0.15, 0.2) is 0 Å². The summed E-state index contributed by atoms with van der Waals surface area (Å²) < 4.78 is 5.87. The van der Waals surface area contributed by atoms with Gasteiger partial charge < -0.3 is 25.0 Å². The highest BCUT2D eigenvalue weighted by molar-refractivity contribution is 7.17. The zero-order valence-corrected chi connectivity index (χ0v) is 19.7. The third-order valence-corrected chi connectivity index (χ3v) is 6.64. The summed E-state index contributed by atoms with van der Waals surface area (Å²) >= 11 is 7.02. The van der Waals surface area contributed by atoms with Crippen LogP contribution < -0.4 is 10.2 Å². The summed E-state index contributed by atoms with van der Waals surface area (Å²) in [7, 11) is 0. The predicted molar refractivity (Wildman–Crippen MR) is 120 cm³/mol. The number of carboxylic acids is 1. The molecule has 3 rings (SSSR count). The van der Waals surface area contributed by atoms with Crippen molar-refractivity contribution in [1.82, 2.24) is 20.3 Å². The number of aromatic amines is 1. The number of rotatable bonds is 9. The summed E-state index contributed by atoms with van der Waals surface area (Å²) in [5, 5.41) is 13.2. The van der Waals surface area contributed by atoms with Gasteiger partial charge >= 0.3 is 5.97 Å². The second-order valence-corrected chi connectivity index (χ2v) is 8.61. The van der Waals surface area contributed by atoms with E-state index in [0.29, 0.717) is 43.4 Å². The van der Waals surface area contributed by atoms with Crippen LogP contribution in [0.5, 0.6) is 0 Å². The Bertz CT molecular complexity index is 1010. The Balaban J connectivity index is 1.75. The summed E-state index contributed by atoms with van der Waals surface area (Å²) in [6.07, 6.45) is 1.00. The Morgan fingerprint density at radius 2 is 2.06 bits per heavy atom. The lowest BCUT2D eigenvalue weighted by Gasteiger charge is -2.38. The van der Waals surface area contributed by atoms with Gasteiger partial charge in [0.1, 0.15) is 10.6 Å². The predicted octanol–water partition coefficient (Wildman–Crippen LogP) is 2.79. The lowest BCUT2D eigenvalue weighted by molar-refractivity contribution is 0.0271. The maximum Gasteiger partial charge on any atom is 0.348 e. The van der Waals surface area contributed by atoms with Crippen LogP contribution in [0.3, 0.4) is 0 Å². The van der Waals surface area contributed by atoms with Crippen LogP contribution in [0.2, 0.25) is 5.15 Å². The number of imidazole rings is 1. The van der Waals surface area contributed by atoms with Gasteiger partial charge in [-0.15, -0.1) is 0 Å². The minimum Gasteiger partial charge on any atom is -0.477 e. The third-order valence-electron chi connectivity index (χ3n) is 5.22. The summed E-state index contributed by atoms with van der Waals surface area (Å²) in [5.74, 6) is -1.69. The number of thiazole rings is 1. The number of ether oxygens (including phenoxy) is 1. The Morgan fingerprint density at radius 1 is 1.31 bits per heavy atom. The fraction of sp³-hybridized carbons (Fsp3) is 0.550. The van der Waals surface area contributed by atoms with Crippen molar-refractivity contribution in [3.63, 3.8) is 0 Å². The number of amides is 1. The SMILES string of the molecule is CCO[C@H]1CN(c2nc(C(=O)CC)c(C(=O)O)s2)CC[C@H]1NC(=O)c1nc(Cl)c(CC)[nH]1. The first kappa shape index (κ1) is 24.1. The molecule has 2 atom stereocenters. The van der Waals surface area contributed by atoms with Crippen molar-refractivity contribution in [3.8, 4) is 0 Å². The van der Waals surface area contributed by atoms with Crippen molar-refractivity contribution >= 4 is 45.7 Å². The number of anilines is 1. The highest BCUT2D eigenvalue weighted by atomic mass is 35.5. The second-order valence-electron chi connectivity index (χ2n) is 7.27. The summed E-state index contributed by atoms with van der Waals surface area (Å²) in [6, 6.07) is -0.275. The molecule has 0 spiro atoms. The van der Waals surface area contributed by atoms with E-state index in [-0.39, 0.29) is 51.8 Å². The van der Waals surface area contributed by atoms with Crippen molar-refractivity contribution in [2.75, 3.05) is 24.6 Å². The first-order valence-corrected chi connectivity index (χ1v) is 11.7. The number of ketones is 1. The average Bonchev–Trinajstić information content (AvgIpc) is 3.38. The molecule has 1 aliphatic heterocycles. The van der Waals surface area contributed by atoms with Crippen LogP contribution in [-0.2, 0) is 11.2 Å². The minimum atomic E-state index is -1.17. The average molecular weight is 484 g/mol.